The minimum Gasteiger partial charge on any atom is -0.465 e. The van der Waals surface area contributed by atoms with E-state index in [1.54, 1.807) is 34.9 Å². The summed E-state index contributed by atoms with van der Waals surface area (Å²) in [5.41, 5.74) is 1.82. The summed E-state index contributed by atoms with van der Waals surface area (Å²) in [4.78, 5) is 29.1. The lowest BCUT2D eigenvalue weighted by molar-refractivity contribution is 0.0601. The summed E-state index contributed by atoms with van der Waals surface area (Å²) < 4.78 is 12.9. The normalized spacial score (nSPS) is 11.6. The summed E-state index contributed by atoms with van der Waals surface area (Å²) in [7, 11) is 1.33. The maximum Gasteiger partial charge on any atom is 0.337 e. The quantitative estimate of drug-likeness (QED) is 0.396. The number of ether oxygens (including phenoxy) is 1. The lowest BCUT2D eigenvalue weighted by Crippen LogP contribution is -2.16. The minimum atomic E-state index is -0.498. The molecule has 0 bridgehead atoms. The van der Waals surface area contributed by atoms with E-state index in [0.717, 1.165) is 15.6 Å². The molecule has 0 N–H and O–H groups in total. The summed E-state index contributed by atoms with van der Waals surface area (Å²) in [5, 5.41) is 0.830. The third-order valence-corrected chi connectivity index (χ3v) is 5.23. The van der Waals surface area contributed by atoms with Gasteiger partial charge in [0.05, 0.1) is 29.4 Å². The molecule has 0 aliphatic rings. The van der Waals surface area contributed by atoms with Crippen molar-refractivity contribution in [1.82, 2.24) is 4.57 Å². The van der Waals surface area contributed by atoms with Crippen molar-refractivity contribution >= 4 is 44.4 Å². The van der Waals surface area contributed by atoms with Gasteiger partial charge < -0.3 is 13.7 Å². The second kappa shape index (κ2) is 7.18. The first-order chi connectivity index (χ1) is 13.6. The molecular formula is C21H14N2O4S. The minimum absolute atomic E-state index is 0.154. The van der Waals surface area contributed by atoms with E-state index in [1.807, 2.05) is 18.2 Å². The third-order valence-electron chi connectivity index (χ3n) is 4.19. The summed E-state index contributed by atoms with van der Waals surface area (Å²) >= 11 is 1.27. The van der Waals surface area contributed by atoms with Gasteiger partial charge in [0.1, 0.15) is 5.58 Å². The smallest absolute Gasteiger partial charge is 0.337 e. The molecule has 0 saturated carbocycles. The van der Waals surface area contributed by atoms with Gasteiger partial charge in [0.2, 0.25) is 0 Å². The van der Waals surface area contributed by atoms with Crippen LogP contribution in [0.4, 0.5) is 0 Å². The van der Waals surface area contributed by atoms with Crippen LogP contribution >= 0.6 is 11.3 Å². The number of rotatable bonds is 3. The number of carbonyl (C=O) groups excluding carboxylic acids is 2. The van der Waals surface area contributed by atoms with Gasteiger partial charge in [-0.05, 0) is 30.3 Å². The van der Waals surface area contributed by atoms with Crippen LogP contribution in [0.5, 0.6) is 0 Å². The van der Waals surface area contributed by atoms with Crippen molar-refractivity contribution in [3.8, 4) is 12.3 Å². The van der Waals surface area contributed by atoms with Crippen LogP contribution < -0.4 is 4.80 Å². The summed E-state index contributed by atoms with van der Waals surface area (Å²) in [5.74, 6) is 1.79. The van der Waals surface area contributed by atoms with Crippen molar-refractivity contribution in [3.63, 3.8) is 0 Å². The maximum absolute atomic E-state index is 12.6. The molecule has 2 heterocycles. The molecule has 0 fully saturated rings. The number of aromatic nitrogens is 1. The van der Waals surface area contributed by atoms with E-state index in [1.165, 1.54) is 18.4 Å². The fourth-order valence-corrected chi connectivity index (χ4v) is 3.94. The number of benzene rings is 2. The Labute approximate surface area is 163 Å². The van der Waals surface area contributed by atoms with Gasteiger partial charge >= 0.3 is 11.9 Å². The number of para-hydroxylation sites is 1. The predicted molar refractivity (Wildman–Crippen MR) is 106 cm³/mol. The fraction of sp³-hybridized carbons (Fsp3) is 0.0952. The number of hydrogen-bond donors (Lipinski definition) is 0. The van der Waals surface area contributed by atoms with E-state index in [4.69, 9.17) is 15.6 Å². The van der Waals surface area contributed by atoms with E-state index in [0.29, 0.717) is 15.9 Å². The Balaban J connectivity index is 1.83. The molecule has 2 aromatic heterocycles. The van der Waals surface area contributed by atoms with Crippen LogP contribution in [0, 0.1) is 12.3 Å². The number of thiazole rings is 1. The maximum atomic E-state index is 12.6. The Morgan fingerprint density at radius 3 is 2.82 bits per heavy atom. The highest BCUT2D eigenvalue weighted by molar-refractivity contribution is 7.16. The Morgan fingerprint density at radius 2 is 2.07 bits per heavy atom. The van der Waals surface area contributed by atoms with Crippen LogP contribution in [0.15, 0.2) is 57.9 Å². The van der Waals surface area contributed by atoms with Gasteiger partial charge in [-0.2, -0.15) is 4.99 Å². The Morgan fingerprint density at radius 1 is 1.25 bits per heavy atom. The van der Waals surface area contributed by atoms with E-state index in [9.17, 15) is 9.59 Å². The lowest BCUT2D eigenvalue weighted by Gasteiger charge is -2.01. The summed E-state index contributed by atoms with van der Waals surface area (Å²) in [6.45, 7) is 0.240. The summed E-state index contributed by atoms with van der Waals surface area (Å²) in [6, 6.07) is 14.1. The second-order valence-corrected chi connectivity index (χ2v) is 6.92. The molecule has 4 aromatic rings. The number of esters is 1. The zero-order valence-corrected chi connectivity index (χ0v) is 15.7. The lowest BCUT2D eigenvalue weighted by atomic mass is 10.2. The van der Waals surface area contributed by atoms with E-state index < -0.39 is 11.9 Å². The molecule has 0 aliphatic carbocycles. The largest absolute Gasteiger partial charge is 0.465 e. The van der Waals surface area contributed by atoms with Crippen molar-refractivity contribution in [1.29, 1.82) is 0 Å². The van der Waals surface area contributed by atoms with Crippen molar-refractivity contribution in [2.45, 2.75) is 6.54 Å². The van der Waals surface area contributed by atoms with Gasteiger partial charge in [-0.3, -0.25) is 4.79 Å². The molecule has 138 valence electrons. The molecule has 7 heteroatoms. The van der Waals surface area contributed by atoms with Crippen molar-refractivity contribution in [3.05, 3.63) is 64.7 Å². The van der Waals surface area contributed by atoms with E-state index in [-0.39, 0.29) is 12.3 Å². The average molecular weight is 390 g/mol. The Hall–Kier alpha value is -3.63. The fourth-order valence-electron chi connectivity index (χ4n) is 2.88. The summed E-state index contributed by atoms with van der Waals surface area (Å²) in [6.07, 6.45) is 5.49. The molecule has 2 aromatic carbocycles. The first kappa shape index (κ1) is 17.8. The highest BCUT2D eigenvalue weighted by atomic mass is 32.1. The van der Waals surface area contributed by atoms with E-state index >= 15 is 0 Å². The molecule has 1 amide bonds. The first-order valence-electron chi connectivity index (χ1n) is 8.33. The number of hydrogen-bond acceptors (Lipinski definition) is 5. The molecule has 6 nitrogen and oxygen atoms in total. The van der Waals surface area contributed by atoms with Crippen LogP contribution in [0.3, 0.4) is 0 Å². The number of terminal acetylenes is 1. The van der Waals surface area contributed by atoms with Crippen molar-refractivity contribution < 1.29 is 18.7 Å². The zero-order valence-electron chi connectivity index (χ0n) is 14.8. The molecule has 0 aliphatic heterocycles. The molecular weight excluding hydrogens is 376 g/mol. The monoisotopic (exact) mass is 390 g/mol. The number of nitrogens with zero attached hydrogens (tertiary/aromatic N) is 2. The number of fused-ring (bicyclic) bond motifs is 2. The third kappa shape index (κ3) is 3.10. The number of furan rings is 1. The van der Waals surface area contributed by atoms with Gasteiger partial charge in [-0.25, -0.2) is 4.79 Å². The molecule has 0 spiro atoms. The van der Waals surface area contributed by atoms with Gasteiger partial charge in [0.25, 0.3) is 0 Å². The second-order valence-electron chi connectivity index (χ2n) is 5.91. The predicted octanol–water partition coefficient (Wildman–Crippen LogP) is 3.61. The zero-order chi connectivity index (χ0) is 19.7. The molecule has 0 radical (unpaired) electrons. The van der Waals surface area contributed by atoms with Crippen LogP contribution in [0.2, 0.25) is 0 Å². The van der Waals surface area contributed by atoms with Crippen LogP contribution in [0.25, 0.3) is 21.2 Å². The highest BCUT2D eigenvalue weighted by Crippen LogP contribution is 2.21. The molecule has 0 unspecified atom stereocenters. The number of methoxy groups -OCH3 is 1. The van der Waals surface area contributed by atoms with Crippen LogP contribution in [-0.2, 0) is 11.3 Å². The van der Waals surface area contributed by atoms with Crippen LogP contribution in [0.1, 0.15) is 20.9 Å². The highest BCUT2D eigenvalue weighted by Gasteiger charge is 2.14. The first-order valence-corrected chi connectivity index (χ1v) is 9.15. The van der Waals surface area contributed by atoms with Gasteiger partial charge in [0, 0.05) is 5.39 Å². The molecule has 28 heavy (non-hydrogen) atoms. The van der Waals surface area contributed by atoms with Crippen LogP contribution in [-0.4, -0.2) is 23.6 Å². The van der Waals surface area contributed by atoms with E-state index in [2.05, 4.69) is 10.9 Å². The average Bonchev–Trinajstić information content (AvgIpc) is 3.29. The molecule has 0 saturated heterocycles. The number of carbonyl (C=O) groups is 2. The van der Waals surface area contributed by atoms with Gasteiger partial charge in [0.15, 0.2) is 10.6 Å². The number of amides is 1. The van der Waals surface area contributed by atoms with Gasteiger partial charge in [-0.15, -0.1) is 6.42 Å². The van der Waals surface area contributed by atoms with Crippen molar-refractivity contribution in [2.75, 3.05) is 7.11 Å². The van der Waals surface area contributed by atoms with Gasteiger partial charge in [-0.1, -0.05) is 35.5 Å². The standard InChI is InChI=1S/C21H14N2O4S/c1-3-10-23-15-9-8-14(20(25)26-2)12-18(15)28-21(23)22-19(24)17-11-13-6-4-5-7-16(13)27-17/h1,4-9,11-12H,10H2,2H3. The Bertz CT molecular complexity index is 1300. The Kier molecular flexibility index (Phi) is 4.55. The van der Waals surface area contributed by atoms with Crippen molar-refractivity contribution in [2.24, 2.45) is 4.99 Å². The topological polar surface area (TPSA) is 73.8 Å². The SMILES string of the molecule is C#CCn1c(=NC(=O)c2cc3ccccc3o2)sc2cc(C(=O)OC)ccc21. The molecule has 4 rings (SSSR count). The molecule has 0 atom stereocenters.